The van der Waals surface area contributed by atoms with Gasteiger partial charge < -0.3 is 9.84 Å². The Balaban J connectivity index is 2.13. The number of aliphatic hydroxyl groups excluding tert-OH is 1. The third kappa shape index (κ3) is 4.44. The zero-order valence-corrected chi connectivity index (χ0v) is 12.1. The molecule has 1 aliphatic heterocycles. The van der Waals surface area contributed by atoms with Crippen LogP contribution < -0.4 is 0 Å². The van der Waals surface area contributed by atoms with Crippen LogP contribution in [0.15, 0.2) is 30.3 Å². The van der Waals surface area contributed by atoms with Gasteiger partial charge in [0.25, 0.3) is 0 Å². The summed E-state index contributed by atoms with van der Waals surface area (Å²) < 4.78 is 42.2. The summed E-state index contributed by atoms with van der Waals surface area (Å²) >= 11 is 0. The third-order valence-corrected chi connectivity index (χ3v) is 3.56. The van der Waals surface area contributed by atoms with Crippen LogP contribution in [0.4, 0.5) is 18.0 Å². The van der Waals surface area contributed by atoms with Crippen molar-refractivity contribution >= 4 is 12.0 Å². The van der Waals surface area contributed by atoms with E-state index >= 15 is 0 Å². The molecule has 0 unspecified atom stereocenters. The van der Waals surface area contributed by atoms with Crippen LogP contribution in [0.3, 0.4) is 0 Å². The van der Waals surface area contributed by atoms with Crippen molar-refractivity contribution in [3.8, 4) is 0 Å². The van der Waals surface area contributed by atoms with E-state index in [0.717, 1.165) is 5.56 Å². The van der Waals surface area contributed by atoms with Crippen molar-refractivity contribution in [2.24, 2.45) is 5.92 Å². The van der Waals surface area contributed by atoms with Crippen LogP contribution in [0.25, 0.3) is 0 Å². The first-order chi connectivity index (χ1) is 10.8. The molecule has 8 heteroatoms. The number of halogens is 3. The Labute approximate surface area is 130 Å². The highest BCUT2D eigenvalue weighted by atomic mass is 19.4. The molecule has 1 aliphatic rings. The van der Waals surface area contributed by atoms with Gasteiger partial charge >= 0.3 is 12.3 Å². The summed E-state index contributed by atoms with van der Waals surface area (Å²) in [5.41, 5.74) is 0.824. The van der Waals surface area contributed by atoms with Crippen LogP contribution in [0.2, 0.25) is 0 Å². The second-order valence-corrected chi connectivity index (χ2v) is 5.33. The van der Waals surface area contributed by atoms with Crippen LogP contribution in [-0.2, 0) is 16.0 Å². The number of ether oxygens (including phenoxy) is 1. The molecule has 1 N–H and O–H groups in total. The molecule has 5 nitrogen and oxygen atoms in total. The summed E-state index contributed by atoms with van der Waals surface area (Å²) in [5, 5.41) is 9.08. The average Bonchev–Trinajstić information content (AvgIpc) is 2.85. The van der Waals surface area contributed by atoms with Crippen LogP contribution in [0.1, 0.15) is 12.0 Å². The molecule has 126 valence electrons. The van der Waals surface area contributed by atoms with Crippen molar-refractivity contribution in [3.63, 3.8) is 0 Å². The normalized spacial score (nSPS) is 19.6. The lowest BCUT2D eigenvalue weighted by Crippen LogP contribution is -2.45. The number of hydrogen-bond donors (Lipinski definition) is 1. The molecule has 0 bridgehead atoms. The SMILES string of the molecule is O=C1OC[C@@H](Cc2ccccc2)N1C(=O)[C@H](CO)CC(F)(F)F. The largest absolute Gasteiger partial charge is 0.447 e. The highest BCUT2D eigenvalue weighted by Gasteiger charge is 2.44. The lowest BCUT2D eigenvalue weighted by molar-refractivity contribution is -0.161. The lowest BCUT2D eigenvalue weighted by Gasteiger charge is -2.24. The van der Waals surface area contributed by atoms with Crippen molar-refractivity contribution in [2.75, 3.05) is 13.2 Å². The summed E-state index contributed by atoms with van der Waals surface area (Å²) in [6.07, 6.45) is -6.79. The molecule has 1 fully saturated rings. The fourth-order valence-electron chi connectivity index (χ4n) is 2.47. The molecule has 2 atom stereocenters. The minimum Gasteiger partial charge on any atom is -0.447 e. The number of rotatable bonds is 5. The summed E-state index contributed by atoms with van der Waals surface area (Å²) in [6, 6.07) is 8.24. The van der Waals surface area contributed by atoms with Gasteiger partial charge in [0.15, 0.2) is 0 Å². The van der Waals surface area contributed by atoms with Gasteiger partial charge in [-0.05, 0) is 12.0 Å². The van der Waals surface area contributed by atoms with Gasteiger partial charge in [-0.3, -0.25) is 4.79 Å². The minimum absolute atomic E-state index is 0.0797. The van der Waals surface area contributed by atoms with Crippen molar-refractivity contribution in [1.82, 2.24) is 4.90 Å². The lowest BCUT2D eigenvalue weighted by atomic mass is 10.0. The molecule has 1 aromatic rings. The second-order valence-electron chi connectivity index (χ2n) is 5.33. The van der Waals surface area contributed by atoms with E-state index in [-0.39, 0.29) is 13.0 Å². The van der Waals surface area contributed by atoms with Crippen LogP contribution >= 0.6 is 0 Å². The van der Waals surface area contributed by atoms with E-state index in [1.807, 2.05) is 0 Å². The fraction of sp³-hybridized carbons (Fsp3) is 0.467. The second kappa shape index (κ2) is 6.99. The van der Waals surface area contributed by atoms with E-state index in [0.29, 0.717) is 4.90 Å². The first-order valence-electron chi connectivity index (χ1n) is 7.03. The Morgan fingerprint density at radius 1 is 1.35 bits per heavy atom. The van der Waals surface area contributed by atoms with Crippen molar-refractivity contribution in [3.05, 3.63) is 35.9 Å². The number of hydrogen-bond acceptors (Lipinski definition) is 4. The molecule has 1 heterocycles. The average molecular weight is 331 g/mol. The highest BCUT2D eigenvalue weighted by molar-refractivity contribution is 5.94. The quantitative estimate of drug-likeness (QED) is 0.898. The summed E-state index contributed by atoms with van der Waals surface area (Å²) in [5.74, 6) is -2.77. The number of imide groups is 1. The van der Waals surface area contributed by atoms with E-state index < -0.39 is 43.2 Å². The third-order valence-electron chi connectivity index (χ3n) is 3.56. The van der Waals surface area contributed by atoms with E-state index in [9.17, 15) is 22.8 Å². The summed E-state index contributed by atoms with van der Waals surface area (Å²) in [4.78, 5) is 24.6. The summed E-state index contributed by atoms with van der Waals surface area (Å²) in [6.45, 7) is -1.07. The number of benzene rings is 1. The number of nitrogens with zero attached hydrogens (tertiary/aromatic N) is 1. The molecule has 0 spiro atoms. The van der Waals surface area contributed by atoms with Crippen molar-refractivity contribution < 1.29 is 32.6 Å². The maximum Gasteiger partial charge on any atom is 0.416 e. The Morgan fingerprint density at radius 3 is 2.57 bits per heavy atom. The molecule has 0 radical (unpaired) electrons. The van der Waals surface area contributed by atoms with Crippen molar-refractivity contribution in [1.29, 1.82) is 0 Å². The van der Waals surface area contributed by atoms with Gasteiger partial charge in [-0.2, -0.15) is 13.2 Å². The zero-order valence-electron chi connectivity index (χ0n) is 12.1. The number of alkyl halides is 3. The van der Waals surface area contributed by atoms with Gasteiger partial charge in [-0.15, -0.1) is 0 Å². The van der Waals surface area contributed by atoms with Crippen molar-refractivity contribution in [2.45, 2.75) is 25.1 Å². The molecule has 2 amide bonds. The molecule has 0 saturated carbocycles. The first-order valence-corrected chi connectivity index (χ1v) is 7.03. The molecular formula is C15H16F3NO4. The van der Waals surface area contributed by atoms with Gasteiger partial charge in [0, 0.05) is 0 Å². The Bertz CT molecular complexity index is 562. The van der Waals surface area contributed by atoms with E-state index in [2.05, 4.69) is 0 Å². The Hall–Kier alpha value is -2.09. The fourth-order valence-corrected chi connectivity index (χ4v) is 2.47. The van der Waals surface area contributed by atoms with Gasteiger partial charge in [0.05, 0.1) is 25.0 Å². The Morgan fingerprint density at radius 2 is 2.00 bits per heavy atom. The van der Waals surface area contributed by atoms with E-state index in [1.165, 1.54) is 0 Å². The number of carbonyl (C=O) groups excluding carboxylic acids is 2. The van der Waals surface area contributed by atoms with Crippen LogP contribution in [0.5, 0.6) is 0 Å². The monoisotopic (exact) mass is 331 g/mol. The molecular weight excluding hydrogens is 315 g/mol. The molecule has 0 aliphatic carbocycles. The smallest absolute Gasteiger partial charge is 0.416 e. The number of amides is 2. The number of aliphatic hydroxyl groups is 1. The Kier molecular flexibility index (Phi) is 5.25. The van der Waals surface area contributed by atoms with E-state index in [1.54, 1.807) is 30.3 Å². The standard InChI is InChI=1S/C15H16F3NO4/c16-15(17,18)7-11(8-20)13(21)19-12(9-23-14(19)22)6-10-4-2-1-3-5-10/h1-5,11-12,20H,6-9H2/t11-,12+/m0/s1. The van der Waals surface area contributed by atoms with Gasteiger partial charge in [-0.1, -0.05) is 30.3 Å². The summed E-state index contributed by atoms with van der Waals surface area (Å²) in [7, 11) is 0. The van der Waals surface area contributed by atoms with E-state index in [4.69, 9.17) is 9.84 Å². The molecule has 1 saturated heterocycles. The predicted molar refractivity (Wildman–Crippen MR) is 73.4 cm³/mol. The highest BCUT2D eigenvalue weighted by Crippen LogP contribution is 2.28. The maximum atomic E-state index is 12.5. The molecule has 0 aromatic heterocycles. The minimum atomic E-state index is -4.61. The molecule has 23 heavy (non-hydrogen) atoms. The van der Waals surface area contributed by atoms with Crippen LogP contribution in [-0.4, -0.2) is 47.4 Å². The van der Waals surface area contributed by atoms with Crippen LogP contribution in [0, 0.1) is 5.92 Å². The first kappa shape index (κ1) is 17.3. The topological polar surface area (TPSA) is 66.8 Å². The predicted octanol–water partition coefficient (Wildman–Crippen LogP) is 2.14. The maximum absolute atomic E-state index is 12.5. The number of carbonyl (C=O) groups is 2. The van der Waals surface area contributed by atoms with Gasteiger partial charge in [-0.25, -0.2) is 9.69 Å². The van der Waals surface area contributed by atoms with Gasteiger partial charge in [0.2, 0.25) is 5.91 Å². The number of cyclic esters (lactones) is 1. The molecule has 2 rings (SSSR count). The molecule has 1 aromatic carbocycles. The van der Waals surface area contributed by atoms with Gasteiger partial charge in [0.1, 0.15) is 6.61 Å². The zero-order chi connectivity index (χ0) is 17.0.